The zero-order chi connectivity index (χ0) is 26.4. The van der Waals surface area contributed by atoms with Crippen molar-refractivity contribution in [3.8, 4) is 11.5 Å². The van der Waals surface area contributed by atoms with E-state index in [1.807, 2.05) is 25.1 Å². The summed E-state index contributed by atoms with van der Waals surface area (Å²) in [6, 6.07) is 11.6. The number of benzene rings is 2. The third-order valence-corrected chi connectivity index (χ3v) is 7.65. The fourth-order valence-corrected chi connectivity index (χ4v) is 5.50. The van der Waals surface area contributed by atoms with Crippen molar-refractivity contribution in [1.82, 2.24) is 5.32 Å². The third-order valence-electron chi connectivity index (χ3n) is 6.50. The molecule has 2 N–H and O–H groups in total. The Hall–Kier alpha value is -3.40. The van der Waals surface area contributed by atoms with Gasteiger partial charge in [0.2, 0.25) is 24.5 Å². The third kappa shape index (κ3) is 7.09. The van der Waals surface area contributed by atoms with Crippen molar-refractivity contribution < 1.29 is 28.1 Å². The number of rotatable bonds is 9. The molecular formula is C27H33N3O6S. The molecule has 1 heterocycles. The maximum atomic E-state index is 13.4. The van der Waals surface area contributed by atoms with Gasteiger partial charge in [0.1, 0.15) is 17.5 Å². The highest BCUT2D eigenvalue weighted by atomic mass is 32.2. The molecule has 4 rings (SSSR count). The van der Waals surface area contributed by atoms with Crippen molar-refractivity contribution in [3.05, 3.63) is 48.0 Å². The van der Waals surface area contributed by atoms with E-state index >= 15 is 0 Å². The van der Waals surface area contributed by atoms with Crippen LogP contribution in [0.2, 0.25) is 0 Å². The Labute approximate surface area is 219 Å². The van der Waals surface area contributed by atoms with Crippen LogP contribution < -0.4 is 25.0 Å². The highest BCUT2D eigenvalue weighted by Gasteiger charge is 2.30. The van der Waals surface area contributed by atoms with Crippen LogP contribution in [0.4, 0.5) is 11.4 Å². The summed E-state index contributed by atoms with van der Waals surface area (Å²) < 4.78 is 23.4. The molecule has 1 aliphatic heterocycles. The SMILES string of the molecule is Cc1cccc(N(C(=O)CS(=O)CC(=O)Nc2ccc3c(c2)OCO3)C(C)C(=O)NC2CCCCC2)c1. The largest absolute Gasteiger partial charge is 0.454 e. The van der Waals surface area contributed by atoms with Crippen LogP contribution in [-0.4, -0.2) is 52.3 Å². The zero-order valence-corrected chi connectivity index (χ0v) is 22.0. The first-order chi connectivity index (χ1) is 17.8. The number of anilines is 2. The fourth-order valence-electron chi connectivity index (χ4n) is 4.62. The van der Waals surface area contributed by atoms with Gasteiger partial charge in [-0.1, -0.05) is 31.4 Å². The summed E-state index contributed by atoms with van der Waals surface area (Å²) in [6.45, 7) is 3.69. The molecule has 0 spiro atoms. The molecule has 2 aromatic rings. The fraction of sp³-hybridized carbons (Fsp3) is 0.444. The minimum absolute atomic E-state index is 0.104. The van der Waals surface area contributed by atoms with Gasteiger partial charge in [-0.05, 0) is 56.5 Å². The van der Waals surface area contributed by atoms with E-state index in [9.17, 15) is 18.6 Å². The van der Waals surface area contributed by atoms with Crippen LogP contribution in [0, 0.1) is 6.92 Å². The second-order valence-corrected chi connectivity index (χ2v) is 10.9. The maximum Gasteiger partial charge on any atom is 0.243 e. The molecule has 37 heavy (non-hydrogen) atoms. The highest BCUT2D eigenvalue weighted by Crippen LogP contribution is 2.34. The van der Waals surface area contributed by atoms with E-state index in [-0.39, 0.29) is 30.2 Å². The summed E-state index contributed by atoms with van der Waals surface area (Å²) in [5.41, 5.74) is 1.96. The van der Waals surface area contributed by atoms with Crippen LogP contribution in [0.3, 0.4) is 0 Å². The Morgan fingerprint density at radius 2 is 1.78 bits per heavy atom. The summed E-state index contributed by atoms with van der Waals surface area (Å²) in [6.07, 6.45) is 5.18. The van der Waals surface area contributed by atoms with Gasteiger partial charge in [0.15, 0.2) is 11.5 Å². The predicted molar refractivity (Wildman–Crippen MR) is 142 cm³/mol. The first-order valence-corrected chi connectivity index (χ1v) is 14.0. The number of amides is 3. The number of nitrogens with zero attached hydrogens (tertiary/aromatic N) is 1. The lowest BCUT2D eigenvalue weighted by Crippen LogP contribution is -2.52. The smallest absolute Gasteiger partial charge is 0.243 e. The second kappa shape index (κ2) is 12.2. The summed E-state index contributed by atoms with van der Waals surface area (Å²) in [7, 11) is -1.78. The van der Waals surface area contributed by atoms with Crippen molar-refractivity contribution in [3.63, 3.8) is 0 Å². The molecule has 2 unspecified atom stereocenters. The van der Waals surface area contributed by atoms with Gasteiger partial charge < -0.3 is 20.1 Å². The van der Waals surface area contributed by atoms with E-state index < -0.39 is 28.7 Å². The van der Waals surface area contributed by atoms with Crippen LogP contribution in [0.25, 0.3) is 0 Å². The second-order valence-electron chi connectivity index (χ2n) is 9.47. The summed E-state index contributed by atoms with van der Waals surface area (Å²) in [5, 5.41) is 5.75. The molecule has 0 bridgehead atoms. The van der Waals surface area contributed by atoms with Crippen molar-refractivity contribution in [2.24, 2.45) is 0 Å². The number of hydrogen-bond donors (Lipinski definition) is 2. The molecule has 198 valence electrons. The van der Waals surface area contributed by atoms with Crippen molar-refractivity contribution in [1.29, 1.82) is 0 Å². The van der Waals surface area contributed by atoms with E-state index in [4.69, 9.17) is 9.47 Å². The molecule has 3 amide bonds. The molecule has 2 aliphatic rings. The van der Waals surface area contributed by atoms with E-state index in [0.717, 1.165) is 31.2 Å². The van der Waals surface area contributed by atoms with Gasteiger partial charge in [-0.2, -0.15) is 0 Å². The monoisotopic (exact) mass is 527 g/mol. The van der Waals surface area contributed by atoms with Crippen LogP contribution >= 0.6 is 0 Å². The van der Waals surface area contributed by atoms with E-state index in [0.29, 0.717) is 22.9 Å². The van der Waals surface area contributed by atoms with Crippen LogP contribution in [0.15, 0.2) is 42.5 Å². The Morgan fingerprint density at radius 3 is 2.54 bits per heavy atom. The van der Waals surface area contributed by atoms with Crippen LogP contribution in [0.5, 0.6) is 11.5 Å². The molecule has 0 aromatic heterocycles. The maximum absolute atomic E-state index is 13.4. The lowest BCUT2D eigenvalue weighted by molar-refractivity contribution is -0.126. The van der Waals surface area contributed by atoms with Gasteiger partial charge in [-0.25, -0.2) is 0 Å². The molecule has 1 aliphatic carbocycles. The van der Waals surface area contributed by atoms with Gasteiger partial charge in [-0.3, -0.25) is 23.5 Å². The molecule has 2 aromatic carbocycles. The number of hydrogen-bond acceptors (Lipinski definition) is 6. The number of carbonyl (C=O) groups excluding carboxylic acids is 3. The highest BCUT2D eigenvalue weighted by molar-refractivity contribution is 7.86. The van der Waals surface area contributed by atoms with Gasteiger partial charge in [0.05, 0.1) is 0 Å². The van der Waals surface area contributed by atoms with Gasteiger partial charge in [0.25, 0.3) is 0 Å². The molecule has 1 saturated carbocycles. The minimum Gasteiger partial charge on any atom is -0.454 e. The minimum atomic E-state index is -1.78. The number of carbonyl (C=O) groups is 3. The molecule has 9 nitrogen and oxygen atoms in total. The lowest BCUT2D eigenvalue weighted by atomic mass is 9.95. The molecule has 0 saturated heterocycles. The van der Waals surface area contributed by atoms with Crippen LogP contribution in [-0.2, 0) is 25.2 Å². The average molecular weight is 528 g/mol. The number of ether oxygens (including phenoxy) is 2. The number of aryl methyl sites for hydroxylation is 1. The predicted octanol–water partition coefficient (Wildman–Crippen LogP) is 3.28. The molecular weight excluding hydrogens is 494 g/mol. The van der Waals surface area contributed by atoms with Gasteiger partial charge in [-0.15, -0.1) is 0 Å². The lowest BCUT2D eigenvalue weighted by Gasteiger charge is -2.31. The Bertz CT molecular complexity index is 1180. The van der Waals surface area contributed by atoms with Crippen molar-refractivity contribution >= 4 is 39.9 Å². The van der Waals surface area contributed by atoms with E-state index in [1.54, 1.807) is 31.2 Å². The van der Waals surface area contributed by atoms with Gasteiger partial charge >= 0.3 is 0 Å². The quantitative estimate of drug-likeness (QED) is 0.517. The zero-order valence-electron chi connectivity index (χ0n) is 21.2. The Kier molecular flexibility index (Phi) is 8.81. The van der Waals surface area contributed by atoms with Crippen molar-refractivity contribution in [2.75, 3.05) is 28.5 Å². The Balaban J connectivity index is 1.40. The van der Waals surface area contributed by atoms with Crippen LogP contribution in [0.1, 0.15) is 44.6 Å². The van der Waals surface area contributed by atoms with E-state index in [1.165, 1.54) is 11.3 Å². The molecule has 10 heteroatoms. The summed E-state index contributed by atoms with van der Waals surface area (Å²) >= 11 is 0. The standard InChI is InChI=1S/C27H33N3O6S/c1-18-7-6-10-22(13-18)30(19(2)27(33)29-20-8-4-3-5-9-20)26(32)16-37(34)15-25(31)28-21-11-12-23-24(14-21)36-17-35-23/h6-7,10-14,19-20H,3-5,8-9,15-17H2,1-2H3,(H,28,31)(H,29,33). The van der Waals surface area contributed by atoms with Crippen molar-refractivity contribution in [2.45, 2.75) is 58.0 Å². The van der Waals surface area contributed by atoms with E-state index in [2.05, 4.69) is 10.6 Å². The topological polar surface area (TPSA) is 114 Å². The van der Waals surface area contributed by atoms with Gasteiger partial charge in [0, 0.05) is 34.3 Å². The Morgan fingerprint density at radius 1 is 1.03 bits per heavy atom. The normalized spacial score (nSPS) is 16.5. The number of fused-ring (bicyclic) bond motifs is 1. The molecule has 2 atom stereocenters. The first kappa shape index (κ1) is 26.7. The average Bonchev–Trinajstić information content (AvgIpc) is 3.32. The number of nitrogens with one attached hydrogen (secondary N) is 2. The molecule has 0 radical (unpaired) electrons. The summed E-state index contributed by atoms with van der Waals surface area (Å²) in [4.78, 5) is 40.3. The summed E-state index contributed by atoms with van der Waals surface area (Å²) in [5.74, 6) is -0.851. The molecule has 1 fully saturated rings. The first-order valence-electron chi connectivity index (χ1n) is 12.5.